The fourth-order valence-electron chi connectivity index (χ4n) is 0.250. The smallest absolute Gasteiger partial charge is 0.325 e. The average Bonchev–Trinajstić information content (AvgIpc) is 2.03. The van der Waals surface area contributed by atoms with Gasteiger partial charge in [-0.15, -0.1) is 4.91 Å². The highest BCUT2D eigenvalue weighted by atomic mass is 16.4. The zero-order valence-corrected chi connectivity index (χ0v) is 5.01. The van der Waals surface area contributed by atoms with Crippen LogP contribution in [-0.4, -0.2) is 40.2 Å². The maximum absolute atomic E-state index is 10.3. The van der Waals surface area contributed by atoms with Crippen LogP contribution in [0.25, 0.3) is 0 Å². The van der Waals surface area contributed by atoms with E-state index in [4.69, 9.17) is 15.7 Å². The van der Waals surface area contributed by atoms with Crippen LogP contribution in [0, 0.1) is 4.91 Å². The van der Waals surface area contributed by atoms with Gasteiger partial charge in [0.05, 0.1) is 10.8 Å². The van der Waals surface area contributed by atoms with Gasteiger partial charge in [-0.3, -0.25) is 9.59 Å². The summed E-state index contributed by atoms with van der Waals surface area (Å²) >= 11 is 0. The van der Waals surface area contributed by atoms with Crippen molar-refractivity contribution in [1.82, 2.24) is 5.01 Å². The standard InChI is InChI=1S/C4H6N2O5/c7-3(8)1-6(5-11)2-4(9)10/h1-2H2,(H,7,8)(H,9,10)/i1D2,2D2. The Kier molecular flexibility index (Phi) is 1.63. The summed E-state index contributed by atoms with van der Waals surface area (Å²) in [4.78, 5) is 30.7. The van der Waals surface area contributed by atoms with Crippen LogP contribution in [-0.2, 0) is 9.59 Å². The van der Waals surface area contributed by atoms with Crippen LogP contribution in [0.2, 0.25) is 0 Å². The molecule has 11 heavy (non-hydrogen) atoms. The molecule has 2 N–H and O–H groups in total. The molecule has 0 saturated heterocycles. The molecule has 0 saturated carbocycles. The number of carboxylic acids is 2. The van der Waals surface area contributed by atoms with Crippen molar-refractivity contribution in [2.75, 3.05) is 13.0 Å². The molecule has 0 aromatic rings. The van der Waals surface area contributed by atoms with E-state index in [1.54, 1.807) is 5.29 Å². The number of nitrogens with zero attached hydrogens (tertiary/aromatic N) is 2. The average molecular weight is 166 g/mol. The molecule has 0 aromatic heterocycles. The largest absolute Gasteiger partial charge is 0.480 e. The Morgan fingerprint density at radius 3 is 1.91 bits per heavy atom. The van der Waals surface area contributed by atoms with E-state index in [2.05, 4.69) is 0 Å². The SMILES string of the molecule is [2H]C([2H])(C(=O)O)N(N=O)C([2H])([2H])C(=O)O. The number of carboxylic acid groups (broad SMARTS) is 2. The van der Waals surface area contributed by atoms with Crippen molar-refractivity contribution in [3.8, 4) is 0 Å². The molecule has 0 heterocycles. The summed E-state index contributed by atoms with van der Waals surface area (Å²) in [5.74, 6) is -4.46. The molecule has 7 heteroatoms. The maximum Gasteiger partial charge on any atom is 0.325 e. The first-order valence-electron chi connectivity index (χ1n) is 4.19. The predicted octanol–water partition coefficient (Wildman–Crippen LogP) is -0.861. The Hall–Kier alpha value is -1.66. The molecule has 0 fully saturated rings. The van der Waals surface area contributed by atoms with Crippen molar-refractivity contribution in [1.29, 1.82) is 0 Å². The van der Waals surface area contributed by atoms with Gasteiger partial charge in [-0.25, -0.2) is 5.01 Å². The number of hydrogen-bond acceptors (Lipinski definition) is 4. The van der Waals surface area contributed by atoms with Crippen LogP contribution < -0.4 is 0 Å². The van der Waals surface area contributed by atoms with Crippen molar-refractivity contribution in [3.63, 3.8) is 0 Å². The summed E-state index contributed by atoms with van der Waals surface area (Å²) < 4.78 is 27.1. The summed E-state index contributed by atoms with van der Waals surface area (Å²) in [5, 5.41) is 17.6. The molecule has 7 nitrogen and oxygen atoms in total. The maximum atomic E-state index is 10.3. The molecule has 0 aromatic carbocycles. The minimum absolute atomic E-state index is 0.815. The first kappa shape index (κ1) is 4.27. The normalized spacial score (nSPS) is 16.7. The van der Waals surface area contributed by atoms with Gasteiger partial charge in [-0.2, -0.15) is 0 Å². The van der Waals surface area contributed by atoms with Crippen molar-refractivity contribution in [3.05, 3.63) is 4.91 Å². The Bertz CT molecular complexity index is 279. The highest BCUT2D eigenvalue weighted by molar-refractivity contribution is 5.72. The third-order valence-corrected chi connectivity index (χ3v) is 0.485. The first-order chi connectivity index (χ1) is 6.58. The van der Waals surface area contributed by atoms with Gasteiger partial charge in [-0.05, 0) is 0 Å². The van der Waals surface area contributed by atoms with Crippen molar-refractivity contribution < 1.29 is 25.3 Å². The molecule has 0 radical (unpaired) electrons. The molecule has 0 spiro atoms. The van der Waals surface area contributed by atoms with Crippen LogP contribution in [0.1, 0.15) is 5.48 Å². The summed E-state index contributed by atoms with van der Waals surface area (Å²) in [6.45, 7) is -7.10. The van der Waals surface area contributed by atoms with E-state index >= 15 is 0 Å². The van der Waals surface area contributed by atoms with E-state index in [0.717, 1.165) is 0 Å². The Morgan fingerprint density at radius 1 is 1.36 bits per heavy atom. The van der Waals surface area contributed by atoms with Gasteiger partial charge >= 0.3 is 11.9 Å². The molecule has 0 amide bonds. The highest BCUT2D eigenvalue weighted by Gasteiger charge is 2.11. The van der Waals surface area contributed by atoms with E-state index in [0.29, 0.717) is 0 Å². The second-order valence-electron chi connectivity index (χ2n) is 1.23. The van der Waals surface area contributed by atoms with Gasteiger partial charge in [-0.1, -0.05) is 0 Å². The number of aliphatic carboxylic acids is 2. The Labute approximate surface area is 66.8 Å². The first-order valence-corrected chi connectivity index (χ1v) is 2.19. The second-order valence-corrected chi connectivity index (χ2v) is 1.23. The van der Waals surface area contributed by atoms with Crippen LogP contribution in [0.15, 0.2) is 5.29 Å². The minimum atomic E-state index is -3.55. The van der Waals surface area contributed by atoms with Gasteiger partial charge < -0.3 is 10.2 Å². The Balaban J connectivity index is 5.35. The second kappa shape index (κ2) is 4.20. The summed E-state index contributed by atoms with van der Waals surface area (Å²) in [5.41, 5.74) is 0. The number of hydrogen-bond donors (Lipinski definition) is 2. The molecule has 0 rings (SSSR count). The van der Waals surface area contributed by atoms with E-state index in [1.165, 1.54) is 0 Å². The lowest BCUT2D eigenvalue weighted by atomic mass is 10.5. The van der Waals surface area contributed by atoms with E-state index in [9.17, 15) is 14.5 Å². The third-order valence-electron chi connectivity index (χ3n) is 0.485. The zero-order chi connectivity index (χ0) is 12.4. The van der Waals surface area contributed by atoms with Gasteiger partial charge in [0.2, 0.25) is 0 Å². The fraction of sp³-hybridized carbons (Fsp3) is 0.500. The van der Waals surface area contributed by atoms with Crippen LogP contribution in [0.4, 0.5) is 0 Å². The van der Waals surface area contributed by atoms with Crippen molar-refractivity contribution in [2.45, 2.75) is 0 Å². The quantitative estimate of drug-likeness (QED) is 0.406. The lowest BCUT2D eigenvalue weighted by Crippen LogP contribution is -2.29. The molecular weight excluding hydrogens is 156 g/mol. The lowest BCUT2D eigenvalue weighted by Gasteiger charge is -2.07. The van der Waals surface area contributed by atoms with Crippen molar-refractivity contribution in [2.24, 2.45) is 5.29 Å². The number of rotatable bonds is 5. The molecule has 0 unspecified atom stereocenters. The molecular formula is C4H6N2O5. The van der Waals surface area contributed by atoms with E-state index in [1.807, 2.05) is 0 Å². The van der Waals surface area contributed by atoms with Gasteiger partial charge in [0.25, 0.3) is 0 Å². The summed E-state index contributed by atoms with van der Waals surface area (Å²) in [7, 11) is 0. The number of nitroso groups, excluding NO2 is 1. The van der Waals surface area contributed by atoms with Gasteiger partial charge in [0.1, 0.15) is 13.0 Å². The summed E-state index contributed by atoms with van der Waals surface area (Å²) in [6.07, 6.45) is 0. The summed E-state index contributed by atoms with van der Waals surface area (Å²) in [6, 6.07) is 0. The van der Waals surface area contributed by atoms with Crippen LogP contribution >= 0.6 is 0 Å². The monoisotopic (exact) mass is 166 g/mol. The predicted molar refractivity (Wildman–Crippen MR) is 32.6 cm³/mol. The Morgan fingerprint density at radius 2 is 1.73 bits per heavy atom. The number of carbonyl (C=O) groups is 2. The molecule has 0 aliphatic rings. The van der Waals surface area contributed by atoms with E-state index in [-0.39, 0.29) is 0 Å². The topological polar surface area (TPSA) is 107 Å². The van der Waals surface area contributed by atoms with E-state index < -0.39 is 29.9 Å². The van der Waals surface area contributed by atoms with Crippen molar-refractivity contribution >= 4 is 11.9 Å². The fourth-order valence-corrected chi connectivity index (χ4v) is 0.250. The molecule has 0 atom stereocenters. The lowest BCUT2D eigenvalue weighted by molar-refractivity contribution is -0.141. The van der Waals surface area contributed by atoms with Gasteiger partial charge in [0, 0.05) is 0 Å². The molecule has 62 valence electrons. The molecule has 0 aliphatic carbocycles. The minimum Gasteiger partial charge on any atom is -0.480 e. The van der Waals surface area contributed by atoms with Gasteiger partial charge in [0.15, 0.2) is 0 Å². The third kappa shape index (κ3) is 4.82. The highest BCUT2D eigenvalue weighted by Crippen LogP contribution is 1.87. The van der Waals surface area contributed by atoms with Crippen LogP contribution in [0.5, 0.6) is 0 Å². The molecule has 0 bridgehead atoms. The van der Waals surface area contributed by atoms with Crippen LogP contribution in [0.3, 0.4) is 0 Å². The zero-order valence-electron chi connectivity index (χ0n) is 9.01. The molecule has 0 aliphatic heterocycles.